The molecular weight excluding hydrogens is 549 g/mol. The van der Waals surface area contributed by atoms with Gasteiger partial charge < -0.3 is 14.4 Å². The number of hydrogen-bond donors (Lipinski definition) is 1. The summed E-state index contributed by atoms with van der Waals surface area (Å²) in [6.45, 7) is 4.98. The van der Waals surface area contributed by atoms with Gasteiger partial charge in [0.25, 0.3) is 0 Å². The van der Waals surface area contributed by atoms with E-state index in [0.29, 0.717) is 31.0 Å². The van der Waals surface area contributed by atoms with E-state index in [2.05, 4.69) is 9.88 Å². The Morgan fingerprint density at radius 1 is 0.930 bits per heavy atom. The number of halogens is 1. The molecule has 6 rings (SSSR count). The number of aromatic carboxylic acids is 1. The minimum atomic E-state index is -0.957. The molecule has 2 aromatic heterocycles. The molecule has 0 unspecified atom stereocenters. The second kappa shape index (κ2) is 12.2. The molecule has 5 aromatic rings. The molecule has 0 saturated carbocycles. The van der Waals surface area contributed by atoms with Crippen LogP contribution in [0.15, 0.2) is 89.5 Å². The van der Waals surface area contributed by atoms with Crippen molar-refractivity contribution in [3.8, 4) is 11.1 Å². The quantitative estimate of drug-likeness (QED) is 0.203. The van der Waals surface area contributed by atoms with Crippen LogP contribution in [0.2, 0.25) is 0 Å². The Bertz CT molecular complexity index is 1770. The lowest BCUT2D eigenvalue weighted by Gasteiger charge is -2.34. The summed E-state index contributed by atoms with van der Waals surface area (Å²) in [6, 6.07) is 22.6. The van der Waals surface area contributed by atoms with E-state index < -0.39 is 5.97 Å². The van der Waals surface area contributed by atoms with Crippen LogP contribution in [0.3, 0.4) is 0 Å². The van der Waals surface area contributed by atoms with E-state index in [1.165, 1.54) is 12.1 Å². The Kier molecular flexibility index (Phi) is 8.00. The lowest BCUT2D eigenvalue weighted by Crippen LogP contribution is -2.46. The van der Waals surface area contributed by atoms with Crippen LogP contribution >= 0.6 is 0 Å². The number of pyridine rings is 1. The number of anilines is 1. The van der Waals surface area contributed by atoms with Crippen molar-refractivity contribution in [3.05, 3.63) is 119 Å². The average Bonchev–Trinajstić information content (AvgIpc) is 3.37. The van der Waals surface area contributed by atoms with Crippen molar-refractivity contribution in [2.24, 2.45) is 0 Å². The molecule has 0 spiro atoms. The summed E-state index contributed by atoms with van der Waals surface area (Å²) in [4.78, 5) is 37.1. The lowest BCUT2D eigenvalue weighted by molar-refractivity contribution is -0.171. The number of furan rings is 1. The molecule has 3 aromatic carbocycles. The molecule has 43 heavy (non-hydrogen) atoms. The van der Waals surface area contributed by atoms with Gasteiger partial charge in [-0.05, 0) is 71.6 Å². The smallest absolute Gasteiger partial charge is 0.335 e. The van der Waals surface area contributed by atoms with Gasteiger partial charge in [-0.25, -0.2) is 14.2 Å². The van der Waals surface area contributed by atoms with E-state index in [1.54, 1.807) is 36.5 Å². The standard InChI is InChI=1S/C34H30FN3O5/c1-22-29-19-26(25-6-9-28(35)10-7-25)8-11-31(29)43-33(22)30(39)18-23-5-12-32(36-20-23)37-13-15-38(16-14-37)42-21-24-3-2-4-27(17-24)34(40)41/h2-12,17,19-20H,13-16,18,21H2,1H3,(H,40,41). The van der Waals surface area contributed by atoms with Gasteiger partial charge in [0.2, 0.25) is 5.78 Å². The number of aryl methyl sites for hydroxylation is 1. The van der Waals surface area contributed by atoms with Gasteiger partial charge in [-0.15, -0.1) is 0 Å². The number of hydroxylamine groups is 2. The highest BCUT2D eigenvalue weighted by molar-refractivity contribution is 6.02. The Labute approximate surface area is 247 Å². The first-order chi connectivity index (χ1) is 20.8. The first-order valence-electron chi connectivity index (χ1n) is 14.1. The number of piperazine rings is 1. The van der Waals surface area contributed by atoms with Crippen molar-refractivity contribution in [1.82, 2.24) is 10.0 Å². The fourth-order valence-corrected chi connectivity index (χ4v) is 5.29. The highest BCUT2D eigenvalue weighted by atomic mass is 19.1. The van der Waals surface area contributed by atoms with Crippen LogP contribution in [0.25, 0.3) is 22.1 Å². The number of nitrogens with zero attached hydrogens (tertiary/aromatic N) is 3. The zero-order chi connectivity index (χ0) is 29.9. The van der Waals surface area contributed by atoms with Gasteiger partial charge in [-0.3, -0.25) is 9.63 Å². The molecule has 218 valence electrons. The highest BCUT2D eigenvalue weighted by Crippen LogP contribution is 2.31. The summed E-state index contributed by atoms with van der Waals surface area (Å²) < 4.78 is 19.3. The van der Waals surface area contributed by atoms with Crippen molar-refractivity contribution in [2.75, 3.05) is 31.1 Å². The molecule has 1 aliphatic rings. The largest absolute Gasteiger partial charge is 0.478 e. The number of carbonyl (C=O) groups is 2. The van der Waals surface area contributed by atoms with Crippen molar-refractivity contribution >= 4 is 28.5 Å². The number of carbonyl (C=O) groups excluding carboxylic acids is 1. The van der Waals surface area contributed by atoms with E-state index in [-0.39, 0.29) is 23.6 Å². The lowest BCUT2D eigenvalue weighted by atomic mass is 10.0. The molecule has 0 aliphatic carbocycles. The first-order valence-corrected chi connectivity index (χ1v) is 14.1. The summed E-state index contributed by atoms with van der Waals surface area (Å²) in [5, 5.41) is 11.9. The van der Waals surface area contributed by atoms with E-state index in [9.17, 15) is 14.0 Å². The normalized spacial score (nSPS) is 13.9. The zero-order valence-corrected chi connectivity index (χ0v) is 23.6. The number of Topliss-reactive ketones (excluding diaryl/α,β-unsaturated/α-hetero) is 1. The number of carboxylic acid groups (broad SMARTS) is 1. The Balaban J connectivity index is 1.04. The molecule has 0 radical (unpaired) electrons. The molecule has 1 saturated heterocycles. The van der Waals surface area contributed by atoms with Gasteiger partial charge in [0, 0.05) is 49.7 Å². The van der Waals surface area contributed by atoms with Crippen LogP contribution in [0, 0.1) is 12.7 Å². The highest BCUT2D eigenvalue weighted by Gasteiger charge is 2.21. The molecule has 1 fully saturated rings. The third-order valence-electron chi connectivity index (χ3n) is 7.69. The first kappa shape index (κ1) is 28.3. The van der Waals surface area contributed by atoms with E-state index in [4.69, 9.17) is 14.4 Å². The molecule has 3 heterocycles. The van der Waals surface area contributed by atoms with Gasteiger partial charge in [0.05, 0.1) is 12.2 Å². The molecule has 1 N–H and O–H groups in total. The number of carboxylic acids is 1. The molecule has 0 atom stereocenters. The maximum absolute atomic E-state index is 13.3. The van der Waals surface area contributed by atoms with Crippen molar-refractivity contribution in [2.45, 2.75) is 20.0 Å². The summed E-state index contributed by atoms with van der Waals surface area (Å²) in [6.07, 6.45) is 1.90. The molecule has 0 bridgehead atoms. The second-order valence-electron chi connectivity index (χ2n) is 10.6. The minimum Gasteiger partial charge on any atom is -0.478 e. The fourth-order valence-electron chi connectivity index (χ4n) is 5.29. The van der Waals surface area contributed by atoms with E-state index in [1.807, 2.05) is 48.4 Å². The monoisotopic (exact) mass is 579 g/mol. The van der Waals surface area contributed by atoms with Crippen LogP contribution < -0.4 is 4.90 Å². The predicted molar refractivity (Wildman–Crippen MR) is 161 cm³/mol. The van der Waals surface area contributed by atoms with Crippen LogP contribution in [0.1, 0.15) is 37.6 Å². The number of aromatic nitrogens is 1. The van der Waals surface area contributed by atoms with E-state index >= 15 is 0 Å². The summed E-state index contributed by atoms with van der Waals surface area (Å²) in [5.41, 5.74) is 5.08. The predicted octanol–water partition coefficient (Wildman–Crippen LogP) is 6.32. The van der Waals surface area contributed by atoms with Gasteiger partial charge in [-0.1, -0.05) is 36.4 Å². The van der Waals surface area contributed by atoms with E-state index in [0.717, 1.165) is 52.1 Å². The van der Waals surface area contributed by atoms with Gasteiger partial charge in [0.1, 0.15) is 17.2 Å². The van der Waals surface area contributed by atoms with Crippen LogP contribution in [0.4, 0.5) is 10.2 Å². The number of rotatable bonds is 9. The Hall–Kier alpha value is -4.86. The number of ketones is 1. The number of hydrogen-bond acceptors (Lipinski definition) is 7. The molecular formula is C34H30FN3O5. The van der Waals surface area contributed by atoms with Crippen LogP contribution in [-0.2, 0) is 17.9 Å². The van der Waals surface area contributed by atoms with Gasteiger partial charge in [-0.2, -0.15) is 5.06 Å². The Morgan fingerprint density at radius 2 is 1.70 bits per heavy atom. The van der Waals surface area contributed by atoms with Crippen LogP contribution in [0.5, 0.6) is 0 Å². The molecule has 1 aliphatic heterocycles. The molecule has 9 heteroatoms. The zero-order valence-electron chi connectivity index (χ0n) is 23.6. The number of fused-ring (bicyclic) bond motifs is 1. The third kappa shape index (κ3) is 6.33. The SMILES string of the molecule is Cc1c(C(=O)Cc2ccc(N3CCN(OCc4cccc(C(=O)O)c4)CC3)nc2)oc2ccc(-c3ccc(F)cc3)cc12. The maximum atomic E-state index is 13.3. The van der Waals surface area contributed by atoms with Crippen molar-refractivity contribution in [3.63, 3.8) is 0 Å². The summed E-state index contributed by atoms with van der Waals surface area (Å²) in [7, 11) is 0. The van der Waals surface area contributed by atoms with Gasteiger partial charge >= 0.3 is 5.97 Å². The van der Waals surface area contributed by atoms with Gasteiger partial charge in [0.15, 0.2) is 5.76 Å². The number of benzene rings is 3. The average molecular weight is 580 g/mol. The van der Waals surface area contributed by atoms with Crippen molar-refractivity contribution < 1.29 is 28.3 Å². The summed E-state index contributed by atoms with van der Waals surface area (Å²) in [5.74, 6) is -0.196. The summed E-state index contributed by atoms with van der Waals surface area (Å²) >= 11 is 0. The Morgan fingerprint density at radius 3 is 2.42 bits per heavy atom. The fraction of sp³-hybridized carbons (Fsp3) is 0.206. The molecule has 0 amide bonds. The van der Waals surface area contributed by atoms with Crippen LogP contribution in [-0.4, -0.2) is 53.1 Å². The maximum Gasteiger partial charge on any atom is 0.335 e. The third-order valence-corrected chi connectivity index (χ3v) is 7.69. The molecule has 8 nitrogen and oxygen atoms in total. The van der Waals surface area contributed by atoms with Crippen molar-refractivity contribution in [1.29, 1.82) is 0 Å². The minimum absolute atomic E-state index is 0.119. The second-order valence-corrected chi connectivity index (χ2v) is 10.6. The topological polar surface area (TPSA) is 96.1 Å².